The summed E-state index contributed by atoms with van der Waals surface area (Å²) in [7, 11) is 5.87. The van der Waals surface area contributed by atoms with Crippen LogP contribution in [-0.4, -0.2) is 55.5 Å². The van der Waals surface area contributed by atoms with Crippen molar-refractivity contribution in [3.8, 4) is 0 Å². The molecule has 0 saturated heterocycles. The van der Waals surface area contributed by atoms with Crippen LogP contribution in [-0.2, 0) is 0 Å². The summed E-state index contributed by atoms with van der Waals surface area (Å²) in [6.07, 6.45) is 6.29. The number of thiophene rings is 1. The van der Waals surface area contributed by atoms with Crippen LogP contribution in [0.1, 0.15) is 23.5 Å². The van der Waals surface area contributed by atoms with Crippen LogP contribution in [0.5, 0.6) is 0 Å². The zero-order chi connectivity index (χ0) is 18.8. The minimum absolute atomic E-state index is 0.201. The number of hydrazone groups is 1. The van der Waals surface area contributed by atoms with Crippen molar-refractivity contribution in [1.82, 2.24) is 15.3 Å². The van der Waals surface area contributed by atoms with E-state index < -0.39 is 0 Å². The van der Waals surface area contributed by atoms with E-state index in [9.17, 15) is 4.79 Å². The van der Waals surface area contributed by atoms with Gasteiger partial charge in [0, 0.05) is 27.3 Å². The molecule has 1 unspecified atom stereocenters. The van der Waals surface area contributed by atoms with Gasteiger partial charge in [0.1, 0.15) is 4.83 Å². The second kappa shape index (κ2) is 7.25. The molecule has 1 aliphatic heterocycles. The van der Waals surface area contributed by atoms with Crippen molar-refractivity contribution in [3.05, 3.63) is 28.9 Å². The van der Waals surface area contributed by atoms with Gasteiger partial charge in [-0.3, -0.25) is 9.80 Å². The van der Waals surface area contributed by atoms with Crippen molar-refractivity contribution in [2.24, 2.45) is 10.1 Å². The first-order chi connectivity index (χ1) is 12.4. The molecule has 3 rings (SSSR count). The van der Waals surface area contributed by atoms with Crippen molar-refractivity contribution in [1.29, 1.82) is 0 Å². The Bertz CT molecular complexity index is 927. The second-order valence-electron chi connectivity index (χ2n) is 6.32. The molecule has 2 aromatic heterocycles. The molecule has 0 fully saturated rings. The Morgan fingerprint density at radius 2 is 2.19 bits per heavy atom. The van der Waals surface area contributed by atoms with Crippen LogP contribution < -0.4 is 10.2 Å². The lowest BCUT2D eigenvalue weighted by atomic mass is 10.2. The Morgan fingerprint density at radius 3 is 2.88 bits per heavy atom. The zero-order valence-electron chi connectivity index (χ0n) is 15.5. The Morgan fingerprint density at radius 1 is 1.42 bits per heavy atom. The van der Waals surface area contributed by atoms with Gasteiger partial charge >= 0.3 is 0 Å². The van der Waals surface area contributed by atoms with E-state index in [-0.39, 0.29) is 6.04 Å². The first-order valence-electron chi connectivity index (χ1n) is 8.25. The Kier molecular flexibility index (Phi) is 5.03. The molecule has 0 saturated carbocycles. The quantitative estimate of drug-likeness (QED) is 0.498. The van der Waals surface area contributed by atoms with E-state index >= 15 is 0 Å². The number of carbonyl (C=O) groups excluding carboxylic acids is 1. The molecule has 8 heteroatoms. The van der Waals surface area contributed by atoms with Gasteiger partial charge in [-0.1, -0.05) is 0 Å². The molecule has 0 bridgehead atoms. The predicted octanol–water partition coefficient (Wildman–Crippen LogP) is 3.02. The molecule has 0 spiro atoms. The maximum atomic E-state index is 11.5. The topological polar surface area (TPSA) is 73.2 Å². The summed E-state index contributed by atoms with van der Waals surface area (Å²) in [6.45, 7) is 4.01. The molecule has 1 aliphatic rings. The average molecular weight is 370 g/mol. The smallest absolute Gasteiger partial charge is 0.162 e. The Labute approximate surface area is 156 Å². The van der Waals surface area contributed by atoms with Crippen molar-refractivity contribution in [2.45, 2.75) is 19.9 Å². The highest BCUT2D eigenvalue weighted by Crippen LogP contribution is 2.40. The summed E-state index contributed by atoms with van der Waals surface area (Å²) in [4.78, 5) is 23.8. The molecule has 0 amide bonds. The maximum Gasteiger partial charge on any atom is 0.162 e. The van der Waals surface area contributed by atoms with Crippen molar-refractivity contribution in [2.75, 3.05) is 26.0 Å². The third-order valence-corrected chi connectivity index (χ3v) is 5.28. The average Bonchev–Trinajstić information content (AvgIpc) is 2.97. The third-order valence-electron chi connectivity index (χ3n) is 4.27. The number of hydrogen-bond acceptors (Lipinski definition) is 7. The molecule has 26 heavy (non-hydrogen) atoms. The third kappa shape index (κ3) is 3.32. The number of anilines is 1. The lowest BCUT2D eigenvalue weighted by molar-refractivity contribution is 0.112. The number of rotatable bonds is 5. The lowest BCUT2D eigenvalue weighted by Crippen LogP contribution is -2.32. The first kappa shape index (κ1) is 18.1. The number of aldehydes is 1. The standard InChI is InChI=1S/C18H22N6OS/c1-11-8-13(12(2)22-24(11)5)20-10-21-17-15(9-25)26-18-16(17)14(23(3)4)6-7-19-18/h6-11H,1-5H3,(H,20,21). The fourth-order valence-electron chi connectivity index (χ4n) is 2.76. The fourth-order valence-corrected chi connectivity index (χ4v) is 3.68. The van der Waals surface area contributed by atoms with Gasteiger partial charge in [0.15, 0.2) is 6.29 Å². The summed E-state index contributed by atoms with van der Waals surface area (Å²) in [5.74, 6) is 0. The normalized spacial score (nSPS) is 17.4. The number of aromatic nitrogens is 1. The van der Waals surface area contributed by atoms with Gasteiger partial charge in [-0.15, -0.1) is 11.3 Å². The highest BCUT2D eigenvalue weighted by Gasteiger charge is 2.17. The molecule has 2 aromatic rings. The van der Waals surface area contributed by atoms with Gasteiger partial charge in [0.25, 0.3) is 0 Å². The van der Waals surface area contributed by atoms with Crippen molar-refractivity contribution in [3.63, 3.8) is 0 Å². The van der Waals surface area contributed by atoms with Crippen molar-refractivity contribution < 1.29 is 4.79 Å². The van der Waals surface area contributed by atoms with Crippen LogP contribution in [0.4, 0.5) is 11.4 Å². The SMILES string of the molecule is CC1=NN(C)C(C)C=C1NC=Nc1c(C=O)sc2nccc(N(C)C)c12. The second-order valence-corrected chi connectivity index (χ2v) is 7.35. The Balaban J connectivity index is 1.96. The summed E-state index contributed by atoms with van der Waals surface area (Å²) < 4.78 is 0. The molecule has 0 aromatic carbocycles. The monoisotopic (exact) mass is 370 g/mol. The van der Waals surface area contributed by atoms with E-state index in [0.717, 1.165) is 33.6 Å². The summed E-state index contributed by atoms with van der Waals surface area (Å²) in [5, 5.41) is 10.5. The molecule has 7 nitrogen and oxygen atoms in total. The number of carbonyl (C=O) groups is 1. The van der Waals surface area contributed by atoms with Crippen LogP contribution in [0.3, 0.4) is 0 Å². The van der Waals surface area contributed by atoms with E-state index in [1.165, 1.54) is 11.3 Å². The van der Waals surface area contributed by atoms with E-state index in [0.29, 0.717) is 10.6 Å². The molecule has 136 valence electrons. The van der Waals surface area contributed by atoms with Crippen LogP contribution >= 0.6 is 11.3 Å². The molecular formula is C18H22N6OS. The van der Waals surface area contributed by atoms with E-state index in [4.69, 9.17) is 0 Å². The zero-order valence-corrected chi connectivity index (χ0v) is 16.3. The van der Waals surface area contributed by atoms with Crippen LogP contribution in [0, 0.1) is 0 Å². The van der Waals surface area contributed by atoms with Gasteiger partial charge in [0.05, 0.1) is 45.4 Å². The van der Waals surface area contributed by atoms with Gasteiger partial charge in [-0.2, -0.15) is 5.10 Å². The summed E-state index contributed by atoms with van der Waals surface area (Å²) in [5.41, 5.74) is 3.42. The van der Waals surface area contributed by atoms with Crippen LogP contribution in [0.25, 0.3) is 10.2 Å². The molecule has 0 aliphatic carbocycles. The van der Waals surface area contributed by atoms with E-state index in [1.54, 1.807) is 12.5 Å². The van der Waals surface area contributed by atoms with E-state index in [2.05, 4.69) is 33.4 Å². The number of hydrogen-bond donors (Lipinski definition) is 1. The number of allylic oxidation sites excluding steroid dienone is 1. The van der Waals surface area contributed by atoms with Crippen molar-refractivity contribution >= 4 is 51.3 Å². The number of nitrogens with zero attached hydrogens (tertiary/aromatic N) is 5. The number of pyridine rings is 1. The van der Waals surface area contributed by atoms with Gasteiger partial charge < -0.3 is 10.2 Å². The largest absolute Gasteiger partial charge is 0.377 e. The number of aliphatic imine (C=N–C) groups is 1. The molecule has 0 radical (unpaired) electrons. The van der Waals surface area contributed by atoms with Gasteiger partial charge in [-0.05, 0) is 26.0 Å². The molecular weight excluding hydrogens is 348 g/mol. The number of nitrogens with one attached hydrogen (secondary N) is 1. The summed E-state index contributed by atoms with van der Waals surface area (Å²) >= 11 is 1.35. The molecule has 3 heterocycles. The van der Waals surface area contributed by atoms with Crippen LogP contribution in [0.15, 0.2) is 34.1 Å². The predicted molar refractivity (Wildman–Crippen MR) is 109 cm³/mol. The fraction of sp³-hybridized carbons (Fsp3) is 0.333. The first-order valence-corrected chi connectivity index (χ1v) is 9.07. The highest BCUT2D eigenvalue weighted by molar-refractivity contribution is 7.21. The molecule has 1 N–H and O–H groups in total. The minimum atomic E-state index is 0.201. The van der Waals surface area contributed by atoms with E-state index in [1.807, 2.05) is 44.0 Å². The highest BCUT2D eigenvalue weighted by atomic mass is 32.1. The Hall–Kier alpha value is -2.74. The minimum Gasteiger partial charge on any atom is -0.377 e. The molecule has 1 atom stereocenters. The number of likely N-dealkylation sites (N-methyl/N-ethyl adjacent to an activating group) is 1. The maximum absolute atomic E-state index is 11.5. The van der Waals surface area contributed by atoms with Gasteiger partial charge in [0.2, 0.25) is 0 Å². The number of fused-ring (bicyclic) bond motifs is 1. The lowest BCUT2D eigenvalue weighted by Gasteiger charge is -2.25. The summed E-state index contributed by atoms with van der Waals surface area (Å²) in [6, 6.07) is 2.13. The van der Waals surface area contributed by atoms with Gasteiger partial charge in [-0.25, -0.2) is 9.98 Å². The van der Waals surface area contributed by atoms with Crippen LogP contribution in [0.2, 0.25) is 0 Å².